The Morgan fingerprint density at radius 2 is 2.05 bits per heavy atom. The van der Waals surface area contributed by atoms with Gasteiger partial charge in [-0.25, -0.2) is 4.98 Å². The molecule has 2 aromatic rings. The zero-order chi connectivity index (χ0) is 13.2. The quantitative estimate of drug-likeness (QED) is 0.911. The van der Waals surface area contributed by atoms with E-state index >= 15 is 0 Å². The van der Waals surface area contributed by atoms with Gasteiger partial charge in [0.1, 0.15) is 5.82 Å². The topological polar surface area (TPSA) is 49.0 Å². The van der Waals surface area contributed by atoms with Crippen LogP contribution in [0.2, 0.25) is 0 Å². The van der Waals surface area contributed by atoms with Gasteiger partial charge in [-0.2, -0.15) is 11.8 Å². The standard InChI is InChI=1S/C14H17N3OS/c1-10(17-6-8-19-9-7-17)13-15-12-5-3-2-4-11(12)14(18)16-13/h2-5,10H,6-9H2,1H3,(H,15,16,18)/t10-/m0/s1. The van der Waals surface area contributed by atoms with Crippen molar-refractivity contribution < 1.29 is 0 Å². The van der Waals surface area contributed by atoms with Gasteiger partial charge < -0.3 is 4.98 Å². The number of thioether (sulfide) groups is 1. The molecule has 2 heterocycles. The van der Waals surface area contributed by atoms with Crippen molar-refractivity contribution in [1.82, 2.24) is 14.9 Å². The Morgan fingerprint density at radius 3 is 2.84 bits per heavy atom. The Labute approximate surface area is 116 Å². The molecule has 0 radical (unpaired) electrons. The van der Waals surface area contributed by atoms with Crippen LogP contribution in [0.4, 0.5) is 0 Å². The van der Waals surface area contributed by atoms with E-state index in [1.165, 1.54) is 0 Å². The van der Waals surface area contributed by atoms with Crippen LogP contribution >= 0.6 is 11.8 Å². The molecule has 0 aliphatic carbocycles. The summed E-state index contributed by atoms with van der Waals surface area (Å²) in [5.41, 5.74) is 0.735. The maximum absolute atomic E-state index is 12.1. The number of H-pyrrole nitrogens is 1. The first-order chi connectivity index (χ1) is 9.25. The third-order valence-corrected chi connectivity index (χ3v) is 4.56. The smallest absolute Gasteiger partial charge is 0.258 e. The molecule has 1 aromatic heterocycles. The van der Waals surface area contributed by atoms with Crippen LogP contribution in [0.15, 0.2) is 29.1 Å². The summed E-state index contributed by atoms with van der Waals surface area (Å²) in [6.45, 7) is 4.23. The predicted octanol–water partition coefficient (Wildman–Crippen LogP) is 2.03. The molecule has 1 saturated heterocycles. The third-order valence-electron chi connectivity index (χ3n) is 3.62. The van der Waals surface area contributed by atoms with Crippen molar-refractivity contribution in [3.05, 3.63) is 40.4 Å². The minimum atomic E-state index is -0.0427. The van der Waals surface area contributed by atoms with Crippen molar-refractivity contribution in [3.63, 3.8) is 0 Å². The molecule has 0 unspecified atom stereocenters. The summed E-state index contributed by atoms with van der Waals surface area (Å²) in [5.74, 6) is 3.08. The average Bonchev–Trinajstić information content (AvgIpc) is 2.47. The molecule has 0 spiro atoms. The summed E-state index contributed by atoms with van der Waals surface area (Å²) in [6.07, 6.45) is 0. The van der Waals surface area contributed by atoms with Gasteiger partial charge in [0.2, 0.25) is 0 Å². The van der Waals surface area contributed by atoms with Crippen LogP contribution in [0.3, 0.4) is 0 Å². The normalized spacial score (nSPS) is 18.6. The molecule has 1 aliphatic rings. The number of aromatic amines is 1. The van der Waals surface area contributed by atoms with E-state index in [0.717, 1.165) is 35.9 Å². The van der Waals surface area contributed by atoms with Gasteiger partial charge in [-0.15, -0.1) is 0 Å². The van der Waals surface area contributed by atoms with Crippen LogP contribution in [0.1, 0.15) is 18.8 Å². The summed E-state index contributed by atoms with van der Waals surface area (Å²) in [4.78, 5) is 22.0. The highest BCUT2D eigenvalue weighted by Gasteiger charge is 2.20. The summed E-state index contributed by atoms with van der Waals surface area (Å²) in [7, 11) is 0. The lowest BCUT2D eigenvalue weighted by Gasteiger charge is -2.31. The first-order valence-corrected chi connectivity index (χ1v) is 7.72. The lowest BCUT2D eigenvalue weighted by Crippen LogP contribution is -2.36. The van der Waals surface area contributed by atoms with E-state index in [1.807, 2.05) is 36.0 Å². The maximum atomic E-state index is 12.1. The zero-order valence-electron chi connectivity index (χ0n) is 10.9. The molecule has 4 nitrogen and oxygen atoms in total. The number of nitrogens with one attached hydrogen (secondary N) is 1. The van der Waals surface area contributed by atoms with Gasteiger partial charge in [-0.3, -0.25) is 9.69 Å². The zero-order valence-corrected chi connectivity index (χ0v) is 11.7. The Morgan fingerprint density at radius 1 is 1.32 bits per heavy atom. The lowest BCUT2D eigenvalue weighted by atomic mass is 10.2. The van der Waals surface area contributed by atoms with Gasteiger partial charge >= 0.3 is 0 Å². The number of rotatable bonds is 2. The fourth-order valence-corrected chi connectivity index (χ4v) is 3.37. The number of nitrogens with zero attached hydrogens (tertiary/aromatic N) is 2. The van der Waals surface area contributed by atoms with E-state index in [9.17, 15) is 4.79 Å². The van der Waals surface area contributed by atoms with Gasteiger partial charge in [0.05, 0.1) is 16.9 Å². The first-order valence-electron chi connectivity index (χ1n) is 6.56. The number of hydrogen-bond acceptors (Lipinski definition) is 4. The van der Waals surface area contributed by atoms with Gasteiger partial charge in [0.25, 0.3) is 5.56 Å². The molecule has 1 aliphatic heterocycles. The Balaban J connectivity index is 1.98. The Hall–Kier alpha value is -1.33. The largest absolute Gasteiger partial charge is 0.309 e. The van der Waals surface area contributed by atoms with E-state index in [1.54, 1.807) is 0 Å². The number of aromatic nitrogens is 2. The molecule has 3 rings (SSSR count). The van der Waals surface area contributed by atoms with Gasteiger partial charge in [0.15, 0.2) is 0 Å². The first kappa shape index (κ1) is 12.7. The van der Waals surface area contributed by atoms with Crippen molar-refractivity contribution in [1.29, 1.82) is 0 Å². The van der Waals surface area contributed by atoms with E-state index in [0.29, 0.717) is 5.39 Å². The van der Waals surface area contributed by atoms with Gasteiger partial charge in [0, 0.05) is 24.6 Å². The highest BCUT2D eigenvalue weighted by Crippen LogP contribution is 2.21. The van der Waals surface area contributed by atoms with Gasteiger partial charge in [-0.05, 0) is 19.1 Å². The SMILES string of the molecule is C[C@@H](c1nc2ccccc2c(=O)[nH]1)N1CCSCC1. The van der Waals surface area contributed by atoms with Crippen LogP contribution < -0.4 is 5.56 Å². The summed E-state index contributed by atoms with van der Waals surface area (Å²) in [5, 5.41) is 0.660. The number of benzene rings is 1. The minimum absolute atomic E-state index is 0.0427. The predicted molar refractivity (Wildman–Crippen MR) is 79.7 cm³/mol. The molecule has 1 atom stereocenters. The number of hydrogen-bond donors (Lipinski definition) is 1. The average molecular weight is 275 g/mol. The van der Waals surface area contributed by atoms with Crippen LogP contribution in [0.25, 0.3) is 10.9 Å². The molecule has 5 heteroatoms. The van der Waals surface area contributed by atoms with Crippen LogP contribution in [-0.2, 0) is 0 Å². The fraction of sp³-hybridized carbons (Fsp3) is 0.429. The fourth-order valence-electron chi connectivity index (χ4n) is 2.44. The van der Waals surface area contributed by atoms with Crippen LogP contribution in [-0.4, -0.2) is 39.5 Å². The molecule has 0 bridgehead atoms. The molecular weight excluding hydrogens is 258 g/mol. The third kappa shape index (κ3) is 2.53. The molecule has 19 heavy (non-hydrogen) atoms. The van der Waals surface area contributed by atoms with Crippen molar-refractivity contribution in [3.8, 4) is 0 Å². The van der Waals surface area contributed by atoms with E-state index < -0.39 is 0 Å². The Kier molecular flexibility index (Phi) is 3.57. The number of fused-ring (bicyclic) bond motifs is 1. The van der Waals surface area contributed by atoms with Crippen molar-refractivity contribution in [2.45, 2.75) is 13.0 Å². The maximum Gasteiger partial charge on any atom is 0.258 e. The second-order valence-corrected chi connectivity index (χ2v) is 6.02. The highest BCUT2D eigenvalue weighted by atomic mass is 32.2. The number of para-hydroxylation sites is 1. The molecule has 100 valence electrons. The summed E-state index contributed by atoms with van der Waals surface area (Å²) in [6, 6.07) is 7.66. The second-order valence-electron chi connectivity index (χ2n) is 4.79. The van der Waals surface area contributed by atoms with E-state index in [2.05, 4.69) is 21.8 Å². The molecule has 1 fully saturated rings. The van der Waals surface area contributed by atoms with E-state index in [4.69, 9.17) is 0 Å². The van der Waals surface area contributed by atoms with Gasteiger partial charge in [-0.1, -0.05) is 12.1 Å². The molecular formula is C14H17N3OS. The van der Waals surface area contributed by atoms with Crippen LogP contribution in [0, 0.1) is 0 Å². The molecule has 0 saturated carbocycles. The van der Waals surface area contributed by atoms with Crippen molar-refractivity contribution in [2.24, 2.45) is 0 Å². The second kappa shape index (κ2) is 5.35. The monoisotopic (exact) mass is 275 g/mol. The Bertz CT molecular complexity index is 634. The molecule has 1 N–H and O–H groups in total. The highest BCUT2D eigenvalue weighted by molar-refractivity contribution is 7.99. The lowest BCUT2D eigenvalue weighted by molar-refractivity contribution is 0.225. The van der Waals surface area contributed by atoms with Crippen molar-refractivity contribution >= 4 is 22.7 Å². The van der Waals surface area contributed by atoms with E-state index in [-0.39, 0.29) is 11.6 Å². The summed E-state index contributed by atoms with van der Waals surface area (Å²) >= 11 is 1.98. The van der Waals surface area contributed by atoms with Crippen LogP contribution in [0.5, 0.6) is 0 Å². The van der Waals surface area contributed by atoms with Crippen molar-refractivity contribution in [2.75, 3.05) is 24.6 Å². The molecule has 1 aromatic carbocycles. The minimum Gasteiger partial charge on any atom is -0.309 e. The summed E-state index contributed by atoms with van der Waals surface area (Å²) < 4.78 is 0. The molecule has 0 amide bonds.